The molecule has 0 atom stereocenters. The molecule has 1 heterocycles. The molecular weight excluding hydrogens is 138 g/mol. The number of hydrogen-bond donors (Lipinski definition) is 0. The van der Waals surface area contributed by atoms with E-state index in [2.05, 4.69) is 9.57 Å². The zero-order chi connectivity index (χ0) is 7.56. The third-order valence-corrected chi connectivity index (χ3v) is 1.15. The van der Waals surface area contributed by atoms with Crippen molar-refractivity contribution in [2.75, 3.05) is 20.3 Å². The first kappa shape index (κ1) is 7.01. The first-order valence-corrected chi connectivity index (χ1v) is 2.78. The van der Waals surface area contributed by atoms with Crippen molar-refractivity contribution < 1.29 is 19.2 Å². The summed E-state index contributed by atoms with van der Waals surface area (Å²) in [6, 6.07) is 0. The highest BCUT2D eigenvalue weighted by molar-refractivity contribution is 6.32. The molecule has 56 valence electrons. The maximum atomic E-state index is 10.7. The van der Waals surface area contributed by atoms with Crippen LogP contribution in [0.5, 0.6) is 0 Å². The Labute approximate surface area is 57.5 Å². The normalized spacial score (nSPS) is 19.1. The van der Waals surface area contributed by atoms with Crippen molar-refractivity contribution in [3.05, 3.63) is 0 Å². The molecule has 5 nitrogen and oxygen atoms in total. The summed E-state index contributed by atoms with van der Waals surface area (Å²) >= 11 is 0. The second kappa shape index (κ2) is 2.66. The Morgan fingerprint density at radius 3 is 2.80 bits per heavy atom. The average Bonchev–Trinajstić information content (AvgIpc) is 1.95. The van der Waals surface area contributed by atoms with Crippen LogP contribution in [0, 0.1) is 0 Å². The molecule has 5 heteroatoms. The summed E-state index contributed by atoms with van der Waals surface area (Å²) in [5.74, 6) is -1.60. The lowest BCUT2D eigenvalue weighted by Crippen LogP contribution is -2.44. The molecule has 1 saturated heterocycles. The van der Waals surface area contributed by atoms with Gasteiger partial charge in [0.1, 0.15) is 6.61 Å². The van der Waals surface area contributed by atoms with Crippen molar-refractivity contribution in [2.45, 2.75) is 0 Å². The minimum atomic E-state index is -0.854. The fraction of sp³-hybridized carbons (Fsp3) is 0.600. The highest BCUT2D eigenvalue weighted by Crippen LogP contribution is 1.98. The highest BCUT2D eigenvalue weighted by atomic mass is 16.7. The lowest BCUT2D eigenvalue weighted by molar-refractivity contribution is -0.200. The van der Waals surface area contributed by atoms with Crippen LogP contribution in [0.15, 0.2) is 0 Å². The molecule has 0 aromatic carbocycles. The number of cyclic esters (lactones) is 1. The van der Waals surface area contributed by atoms with E-state index in [-0.39, 0.29) is 6.61 Å². The van der Waals surface area contributed by atoms with Gasteiger partial charge in [-0.25, -0.2) is 9.86 Å². The topological polar surface area (TPSA) is 55.8 Å². The van der Waals surface area contributed by atoms with Crippen LogP contribution in [0.1, 0.15) is 0 Å². The molecule has 0 aromatic rings. The van der Waals surface area contributed by atoms with Crippen molar-refractivity contribution in [3.8, 4) is 0 Å². The molecule has 10 heavy (non-hydrogen) atoms. The second-order valence-electron chi connectivity index (χ2n) is 1.73. The zero-order valence-corrected chi connectivity index (χ0v) is 5.49. The van der Waals surface area contributed by atoms with E-state index in [0.717, 1.165) is 5.06 Å². The van der Waals surface area contributed by atoms with Gasteiger partial charge in [-0.15, -0.1) is 0 Å². The predicted molar refractivity (Wildman–Crippen MR) is 29.7 cm³/mol. The minimum Gasteiger partial charge on any atom is -0.456 e. The number of esters is 1. The van der Waals surface area contributed by atoms with Gasteiger partial charge in [-0.05, 0) is 0 Å². The maximum absolute atomic E-state index is 10.7. The zero-order valence-electron chi connectivity index (χ0n) is 5.49. The van der Waals surface area contributed by atoms with Gasteiger partial charge in [0.05, 0.1) is 13.7 Å². The Kier molecular flexibility index (Phi) is 1.86. The van der Waals surface area contributed by atoms with Crippen LogP contribution in [-0.4, -0.2) is 37.2 Å². The van der Waals surface area contributed by atoms with Crippen LogP contribution in [-0.2, 0) is 19.2 Å². The number of hydrogen-bond acceptors (Lipinski definition) is 4. The molecule has 0 spiro atoms. The lowest BCUT2D eigenvalue weighted by Gasteiger charge is -2.22. The van der Waals surface area contributed by atoms with Gasteiger partial charge in [-0.3, -0.25) is 9.63 Å². The minimum absolute atomic E-state index is 0.207. The Morgan fingerprint density at radius 1 is 1.60 bits per heavy atom. The molecule has 0 aromatic heterocycles. The Hall–Kier alpha value is -1.10. The van der Waals surface area contributed by atoms with Crippen molar-refractivity contribution in [2.24, 2.45) is 0 Å². The molecule has 0 radical (unpaired) electrons. The van der Waals surface area contributed by atoms with Crippen LogP contribution in [0.2, 0.25) is 0 Å². The second-order valence-corrected chi connectivity index (χ2v) is 1.73. The molecule has 0 unspecified atom stereocenters. The molecular formula is C5H7NO4. The smallest absolute Gasteiger partial charge is 0.399 e. The summed E-state index contributed by atoms with van der Waals surface area (Å²) in [7, 11) is 1.33. The van der Waals surface area contributed by atoms with Crippen LogP contribution >= 0.6 is 0 Å². The average molecular weight is 145 g/mol. The van der Waals surface area contributed by atoms with Gasteiger partial charge in [-0.2, -0.15) is 0 Å². The Balaban J connectivity index is 2.60. The van der Waals surface area contributed by atoms with Gasteiger partial charge in [0.25, 0.3) is 0 Å². The number of carbonyl (C=O) groups is 2. The van der Waals surface area contributed by atoms with Gasteiger partial charge in [0, 0.05) is 0 Å². The van der Waals surface area contributed by atoms with Crippen LogP contribution in [0.25, 0.3) is 0 Å². The molecule has 1 fully saturated rings. The Morgan fingerprint density at radius 2 is 2.30 bits per heavy atom. The number of hydroxylamine groups is 2. The van der Waals surface area contributed by atoms with Crippen molar-refractivity contribution in [1.82, 2.24) is 5.06 Å². The van der Waals surface area contributed by atoms with Crippen molar-refractivity contribution in [1.29, 1.82) is 0 Å². The number of morpholine rings is 1. The molecule has 1 aliphatic heterocycles. The van der Waals surface area contributed by atoms with Crippen LogP contribution < -0.4 is 0 Å². The molecule has 1 aliphatic rings. The number of nitrogens with zero attached hydrogens (tertiary/aromatic N) is 1. The predicted octanol–water partition coefficient (Wildman–Crippen LogP) is -1.07. The van der Waals surface area contributed by atoms with Crippen LogP contribution in [0.4, 0.5) is 0 Å². The van der Waals surface area contributed by atoms with Gasteiger partial charge >= 0.3 is 11.9 Å². The summed E-state index contributed by atoms with van der Waals surface area (Å²) in [4.78, 5) is 25.7. The van der Waals surface area contributed by atoms with E-state index in [0.29, 0.717) is 6.54 Å². The summed E-state index contributed by atoms with van der Waals surface area (Å²) in [5, 5.41) is 0.964. The number of amides is 1. The summed E-state index contributed by atoms with van der Waals surface area (Å²) in [6.45, 7) is 0.513. The van der Waals surface area contributed by atoms with E-state index >= 15 is 0 Å². The van der Waals surface area contributed by atoms with E-state index in [1.807, 2.05) is 0 Å². The summed E-state index contributed by atoms with van der Waals surface area (Å²) in [5.41, 5.74) is 0. The first-order valence-electron chi connectivity index (χ1n) is 2.78. The van der Waals surface area contributed by atoms with Crippen LogP contribution in [0.3, 0.4) is 0 Å². The molecule has 0 saturated carbocycles. The third-order valence-electron chi connectivity index (χ3n) is 1.15. The van der Waals surface area contributed by atoms with Crippen molar-refractivity contribution in [3.63, 3.8) is 0 Å². The largest absolute Gasteiger partial charge is 0.456 e. The molecule has 0 N–H and O–H groups in total. The maximum Gasteiger partial charge on any atom is 0.399 e. The fourth-order valence-corrected chi connectivity index (χ4v) is 0.661. The molecule has 0 aliphatic carbocycles. The lowest BCUT2D eigenvalue weighted by atomic mass is 10.5. The van der Waals surface area contributed by atoms with Gasteiger partial charge in [-0.1, -0.05) is 0 Å². The van der Waals surface area contributed by atoms with E-state index in [4.69, 9.17) is 0 Å². The van der Waals surface area contributed by atoms with Crippen molar-refractivity contribution >= 4 is 11.9 Å². The van der Waals surface area contributed by atoms with E-state index < -0.39 is 11.9 Å². The standard InChI is InChI=1S/C5H7NO4/c1-9-6-2-3-10-5(8)4(6)7/h2-3H2,1H3. The van der Waals surface area contributed by atoms with Gasteiger partial charge < -0.3 is 4.74 Å². The molecule has 1 amide bonds. The van der Waals surface area contributed by atoms with E-state index in [9.17, 15) is 9.59 Å². The SMILES string of the molecule is CON1CCOC(=O)C1=O. The van der Waals surface area contributed by atoms with Gasteiger partial charge in [0.15, 0.2) is 0 Å². The molecule has 0 bridgehead atoms. The third kappa shape index (κ3) is 1.08. The summed E-state index contributed by atoms with van der Waals surface area (Å²) < 4.78 is 4.41. The van der Waals surface area contributed by atoms with Gasteiger partial charge in [0.2, 0.25) is 0 Å². The number of carbonyl (C=O) groups excluding carboxylic acids is 2. The quantitative estimate of drug-likeness (QED) is 0.348. The molecule has 1 rings (SSSR count). The highest BCUT2D eigenvalue weighted by Gasteiger charge is 2.28. The monoisotopic (exact) mass is 145 g/mol. The van der Waals surface area contributed by atoms with E-state index in [1.165, 1.54) is 7.11 Å². The Bertz CT molecular complexity index is 167. The first-order chi connectivity index (χ1) is 4.75. The summed E-state index contributed by atoms with van der Waals surface area (Å²) in [6.07, 6.45) is 0. The van der Waals surface area contributed by atoms with E-state index in [1.54, 1.807) is 0 Å². The number of rotatable bonds is 1. The fourth-order valence-electron chi connectivity index (χ4n) is 0.661. The number of ether oxygens (including phenoxy) is 1.